The van der Waals surface area contributed by atoms with Gasteiger partial charge in [-0.2, -0.15) is 0 Å². The van der Waals surface area contributed by atoms with Crippen LogP contribution in [-0.2, 0) is 9.59 Å². The molecule has 1 aromatic rings. The minimum Gasteiger partial charge on any atom is -0.493 e. The minimum atomic E-state index is -0.583. The molecular weight excluding hydrogens is 364 g/mol. The lowest BCUT2D eigenvalue weighted by Gasteiger charge is -2.27. The van der Waals surface area contributed by atoms with Gasteiger partial charge < -0.3 is 9.47 Å². The first-order valence-electron chi connectivity index (χ1n) is 7.43. The number of amides is 2. The Morgan fingerprint density at radius 2 is 2.08 bits per heavy atom. The van der Waals surface area contributed by atoms with E-state index in [0.29, 0.717) is 28.7 Å². The molecule has 8 heteroatoms. The van der Waals surface area contributed by atoms with Gasteiger partial charge in [-0.3, -0.25) is 19.8 Å². The fourth-order valence-electron chi connectivity index (χ4n) is 2.23. The Morgan fingerprint density at radius 3 is 2.68 bits per heavy atom. The highest BCUT2D eigenvalue weighted by atomic mass is 35.5. The number of halogens is 1. The summed E-state index contributed by atoms with van der Waals surface area (Å²) < 4.78 is 10.7. The number of hydrogen-bond donors (Lipinski definition) is 1. The Hall–Kier alpha value is -2.38. The zero-order valence-corrected chi connectivity index (χ0v) is 15.4. The number of nitrogens with zero attached hydrogens (tertiary/aromatic N) is 1. The monoisotopic (exact) mass is 380 g/mol. The molecule has 0 aromatic heterocycles. The van der Waals surface area contributed by atoms with Crippen molar-refractivity contribution in [2.24, 2.45) is 0 Å². The molecule has 0 atom stereocenters. The summed E-state index contributed by atoms with van der Waals surface area (Å²) in [5.41, 5.74) is 0.376. The molecule has 1 heterocycles. The van der Waals surface area contributed by atoms with E-state index < -0.39 is 11.8 Å². The highest BCUT2D eigenvalue weighted by Crippen LogP contribution is 2.34. The zero-order valence-electron chi connectivity index (χ0n) is 13.8. The summed E-state index contributed by atoms with van der Waals surface area (Å²) in [5.74, 6) is -0.176. The number of nitrogens with one attached hydrogen (secondary N) is 1. The second kappa shape index (κ2) is 8.13. The number of benzene rings is 1. The van der Waals surface area contributed by atoms with Crippen molar-refractivity contribution in [3.05, 3.63) is 40.9 Å². The van der Waals surface area contributed by atoms with Crippen LogP contribution in [0.3, 0.4) is 0 Å². The van der Waals surface area contributed by atoms with E-state index in [9.17, 15) is 9.59 Å². The van der Waals surface area contributed by atoms with Crippen LogP contribution in [-0.4, -0.2) is 42.1 Å². The molecule has 25 heavy (non-hydrogen) atoms. The van der Waals surface area contributed by atoms with Gasteiger partial charge in [-0.15, -0.1) is 6.58 Å². The molecule has 2 rings (SSSR count). The normalized spacial score (nSPS) is 16.0. The third-order valence-electron chi connectivity index (χ3n) is 3.38. The molecule has 1 saturated heterocycles. The van der Waals surface area contributed by atoms with Crippen LogP contribution in [0, 0.1) is 0 Å². The first-order chi connectivity index (χ1) is 11.9. The topological polar surface area (TPSA) is 67.9 Å². The highest BCUT2D eigenvalue weighted by molar-refractivity contribution is 7.80. The lowest BCUT2D eigenvalue weighted by atomic mass is 10.1. The van der Waals surface area contributed by atoms with Crippen LogP contribution in [0.4, 0.5) is 0 Å². The fraction of sp³-hybridized carbons (Fsp3) is 0.235. The van der Waals surface area contributed by atoms with Crippen LogP contribution in [0.15, 0.2) is 30.4 Å². The number of carbonyl (C=O) groups is 2. The highest BCUT2D eigenvalue weighted by Gasteiger charge is 2.32. The van der Waals surface area contributed by atoms with Gasteiger partial charge in [-0.25, -0.2) is 0 Å². The van der Waals surface area contributed by atoms with Crippen molar-refractivity contribution >= 4 is 46.8 Å². The van der Waals surface area contributed by atoms with Crippen molar-refractivity contribution < 1.29 is 19.1 Å². The van der Waals surface area contributed by atoms with Crippen molar-refractivity contribution in [2.45, 2.75) is 6.92 Å². The van der Waals surface area contributed by atoms with Gasteiger partial charge in [0.1, 0.15) is 5.57 Å². The molecule has 132 valence electrons. The van der Waals surface area contributed by atoms with Gasteiger partial charge >= 0.3 is 0 Å². The Labute approximate surface area is 156 Å². The standard InChI is InChI=1S/C17H17ClN2O4S/c1-4-6-20-16(22)11(15(21)19-17(20)25)7-10-8-14(24-5-2)13(23-3)9-12(10)18/h4,7-9H,1,5-6H2,2-3H3,(H,19,21,25)/b11-7+. The number of methoxy groups -OCH3 is 1. The molecule has 2 amide bonds. The number of ether oxygens (including phenoxy) is 2. The second-order valence-corrected chi connectivity index (χ2v) is 5.77. The molecule has 1 aliphatic heterocycles. The van der Waals surface area contributed by atoms with E-state index in [1.807, 2.05) is 6.92 Å². The Kier molecular flexibility index (Phi) is 6.17. The summed E-state index contributed by atoms with van der Waals surface area (Å²) >= 11 is 11.3. The maximum Gasteiger partial charge on any atom is 0.265 e. The van der Waals surface area contributed by atoms with E-state index in [0.717, 1.165) is 0 Å². The van der Waals surface area contributed by atoms with E-state index in [4.69, 9.17) is 33.3 Å². The molecule has 0 radical (unpaired) electrons. The maximum atomic E-state index is 12.5. The predicted octanol–water partition coefficient (Wildman–Crippen LogP) is 2.56. The molecule has 1 aliphatic rings. The van der Waals surface area contributed by atoms with E-state index in [-0.39, 0.29) is 17.2 Å². The molecule has 0 aliphatic carbocycles. The summed E-state index contributed by atoms with van der Waals surface area (Å²) in [6.07, 6.45) is 2.92. The van der Waals surface area contributed by atoms with Gasteiger partial charge in [0.15, 0.2) is 16.6 Å². The van der Waals surface area contributed by atoms with Gasteiger partial charge in [-0.1, -0.05) is 17.7 Å². The molecule has 6 nitrogen and oxygen atoms in total. The molecule has 0 spiro atoms. The van der Waals surface area contributed by atoms with Crippen LogP contribution in [0.25, 0.3) is 6.08 Å². The number of rotatable bonds is 6. The van der Waals surface area contributed by atoms with Crippen molar-refractivity contribution in [2.75, 3.05) is 20.3 Å². The third-order valence-corrected chi connectivity index (χ3v) is 4.03. The van der Waals surface area contributed by atoms with Crippen molar-refractivity contribution in [1.29, 1.82) is 0 Å². The second-order valence-electron chi connectivity index (χ2n) is 4.98. The largest absolute Gasteiger partial charge is 0.493 e. The van der Waals surface area contributed by atoms with Crippen LogP contribution >= 0.6 is 23.8 Å². The van der Waals surface area contributed by atoms with Crippen LogP contribution in [0.2, 0.25) is 5.02 Å². The van der Waals surface area contributed by atoms with E-state index in [1.165, 1.54) is 24.2 Å². The van der Waals surface area contributed by atoms with Crippen molar-refractivity contribution in [3.8, 4) is 11.5 Å². The lowest BCUT2D eigenvalue weighted by Crippen LogP contribution is -2.53. The van der Waals surface area contributed by atoms with Crippen molar-refractivity contribution in [1.82, 2.24) is 10.2 Å². The summed E-state index contributed by atoms with van der Waals surface area (Å²) in [4.78, 5) is 26.0. The Bertz CT molecular complexity index is 776. The number of thiocarbonyl (C=S) groups is 1. The number of carbonyl (C=O) groups excluding carboxylic acids is 2. The van der Waals surface area contributed by atoms with Gasteiger partial charge in [0.2, 0.25) is 0 Å². The van der Waals surface area contributed by atoms with Gasteiger partial charge in [0, 0.05) is 12.6 Å². The fourth-order valence-corrected chi connectivity index (χ4v) is 2.69. The Morgan fingerprint density at radius 1 is 1.36 bits per heavy atom. The molecule has 1 fully saturated rings. The van der Waals surface area contributed by atoms with Gasteiger partial charge in [-0.05, 0) is 36.8 Å². The summed E-state index contributed by atoms with van der Waals surface area (Å²) in [6, 6.07) is 3.18. The molecule has 0 bridgehead atoms. The molecule has 0 unspecified atom stereocenters. The van der Waals surface area contributed by atoms with Crippen LogP contribution in [0.5, 0.6) is 11.5 Å². The molecule has 0 saturated carbocycles. The molecular formula is C17H17ClN2O4S. The number of hydrogen-bond acceptors (Lipinski definition) is 5. The third kappa shape index (κ3) is 4.00. The predicted molar refractivity (Wildman–Crippen MR) is 99.8 cm³/mol. The minimum absolute atomic E-state index is 0.0443. The van der Waals surface area contributed by atoms with E-state index >= 15 is 0 Å². The van der Waals surface area contributed by atoms with Gasteiger partial charge in [0.25, 0.3) is 11.8 Å². The first-order valence-corrected chi connectivity index (χ1v) is 8.21. The maximum absolute atomic E-state index is 12.5. The van der Waals surface area contributed by atoms with E-state index in [2.05, 4.69) is 11.9 Å². The molecule has 1 aromatic carbocycles. The quantitative estimate of drug-likeness (QED) is 0.355. The average Bonchev–Trinajstić information content (AvgIpc) is 2.57. The summed E-state index contributed by atoms with van der Waals surface area (Å²) in [5, 5.41) is 2.84. The smallest absolute Gasteiger partial charge is 0.265 e. The lowest BCUT2D eigenvalue weighted by molar-refractivity contribution is -0.128. The van der Waals surface area contributed by atoms with Crippen molar-refractivity contribution in [3.63, 3.8) is 0 Å². The SMILES string of the molecule is C=CCN1C(=O)/C(=C/c2cc(OCC)c(OC)cc2Cl)C(=O)NC1=S. The zero-order chi connectivity index (χ0) is 18.6. The Balaban J connectivity index is 2.48. The average molecular weight is 381 g/mol. The van der Waals surface area contributed by atoms with Gasteiger partial charge in [0.05, 0.1) is 18.7 Å². The van der Waals surface area contributed by atoms with Crippen LogP contribution < -0.4 is 14.8 Å². The van der Waals surface area contributed by atoms with Crippen LogP contribution in [0.1, 0.15) is 12.5 Å². The van der Waals surface area contributed by atoms with E-state index in [1.54, 1.807) is 12.1 Å². The summed E-state index contributed by atoms with van der Waals surface area (Å²) in [7, 11) is 1.50. The summed E-state index contributed by atoms with van der Waals surface area (Å²) in [6.45, 7) is 6.03. The first kappa shape index (κ1) is 19.0. The molecule has 1 N–H and O–H groups in total.